The lowest BCUT2D eigenvalue weighted by Gasteiger charge is -2.32. The average Bonchev–Trinajstić information content (AvgIpc) is 3.40. The Kier molecular flexibility index (Phi) is 9.68. The molecule has 222 valence electrons. The smallest absolute Gasteiger partial charge is 0.254 e. The van der Waals surface area contributed by atoms with E-state index in [0.717, 1.165) is 48.9 Å². The highest BCUT2D eigenvalue weighted by atomic mass is 16.1. The second-order valence-corrected chi connectivity index (χ2v) is 10.9. The lowest BCUT2D eigenvalue weighted by molar-refractivity contribution is 0.0945. The van der Waals surface area contributed by atoms with Crippen LogP contribution in [-0.2, 0) is 13.6 Å². The Morgan fingerprint density at radius 2 is 2.10 bits per heavy atom. The Labute approximate surface area is 245 Å². The van der Waals surface area contributed by atoms with Gasteiger partial charge < -0.3 is 26.3 Å². The van der Waals surface area contributed by atoms with Gasteiger partial charge >= 0.3 is 0 Å². The number of aryl methyl sites for hydroxylation is 1. The molecule has 4 heterocycles. The van der Waals surface area contributed by atoms with Crippen molar-refractivity contribution in [1.82, 2.24) is 39.9 Å². The number of H-pyrrole nitrogens is 1. The Balaban J connectivity index is 1.64. The lowest BCUT2D eigenvalue weighted by atomic mass is 9.94. The van der Waals surface area contributed by atoms with E-state index < -0.39 is 5.54 Å². The fraction of sp³-hybridized carbons (Fsp3) is 0.400. The predicted molar refractivity (Wildman–Crippen MR) is 166 cm³/mol. The van der Waals surface area contributed by atoms with Gasteiger partial charge in [-0.15, -0.1) is 6.58 Å². The summed E-state index contributed by atoms with van der Waals surface area (Å²) in [5.74, 6) is 0.372. The molecule has 4 aromatic heterocycles. The van der Waals surface area contributed by atoms with Gasteiger partial charge in [0.05, 0.1) is 22.8 Å². The third kappa shape index (κ3) is 7.58. The van der Waals surface area contributed by atoms with Crippen molar-refractivity contribution in [3.05, 3.63) is 71.1 Å². The van der Waals surface area contributed by atoms with E-state index in [2.05, 4.69) is 49.1 Å². The van der Waals surface area contributed by atoms with Gasteiger partial charge in [0, 0.05) is 56.9 Å². The number of carbonyl (C=O) groups is 1. The van der Waals surface area contributed by atoms with E-state index in [1.807, 2.05) is 26.1 Å². The van der Waals surface area contributed by atoms with Gasteiger partial charge in [0.25, 0.3) is 5.91 Å². The van der Waals surface area contributed by atoms with Crippen LogP contribution in [0.25, 0.3) is 22.2 Å². The van der Waals surface area contributed by atoms with Gasteiger partial charge in [0.2, 0.25) is 11.5 Å². The first kappa shape index (κ1) is 30.4. The molecular formula is C30H40N10O2. The zero-order chi connectivity index (χ0) is 30.3. The van der Waals surface area contributed by atoms with Crippen LogP contribution in [-0.4, -0.2) is 66.2 Å². The maximum atomic E-state index is 12.8. The number of anilines is 2. The van der Waals surface area contributed by atoms with Crippen molar-refractivity contribution >= 4 is 28.7 Å². The van der Waals surface area contributed by atoms with E-state index in [-0.39, 0.29) is 17.4 Å². The fourth-order valence-electron chi connectivity index (χ4n) is 4.82. The molecule has 0 spiro atoms. The third-order valence-electron chi connectivity index (χ3n) is 7.14. The summed E-state index contributed by atoms with van der Waals surface area (Å²) in [6, 6.07) is 3.46. The summed E-state index contributed by atoms with van der Waals surface area (Å²) in [5, 5.41) is 10.6. The highest BCUT2D eigenvalue weighted by Crippen LogP contribution is 2.29. The maximum absolute atomic E-state index is 12.8. The van der Waals surface area contributed by atoms with Crippen LogP contribution in [0.5, 0.6) is 0 Å². The Bertz CT molecular complexity index is 1610. The van der Waals surface area contributed by atoms with E-state index in [1.54, 1.807) is 36.4 Å². The van der Waals surface area contributed by atoms with Crippen LogP contribution >= 0.6 is 0 Å². The normalized spacial score (nSPS) is 12.8. The van der Waals surface area contributed by atoms with Crippen LogP contribution in [0.1, 0.15) is 55.5 Å². The molecule has 0 saturated carbocycles. The molecule has 0 radical (unpaired) electrons. The monoisotopic (exact) mass is 572 g/mol. The zero-order valence-electron chi connectivity index (χ0n) is 24.8. The standard InChI is InChI=1S/C30H40N10O2/c1-6-8-10-30(3,19-34-28(42)22-16-35-40(5)18-22)38-27-26-24(36-29(31)37-27)12-20(14-33-26)23-13-25(41)32-15-21(23)17-39(4)11-9-7-2/h7,12-16,18H,2,6,8-11,17,19H2,1,3-5H3,(H,32,41)(H,34,42)(H3,31,36,37,38). The Morgan fingerprint density at radius 3 is 2.81 bits per heavy atom. The molecule has 0 bridgehead atoms. The topological polar surface area (TPSA) is 160 Å². The van der Waals surface area contributed by atoms with E-state index in [9.17, 15) is 9.59 Å². The Morgan fingerprint density at radius 1 is 1.29 bits per heavy atom. The number of aromatic nitrogens is 6. The zero-order valence-corrected chi connectivity index (χ0v) is 24.8. The number of fused-ring (bicyclic) bond motifs is 1. The molecule has 4 rings (SSSR count). The molecule has 42 heavy (non-hydrogen) atoms. The number of nitrogens with zero attached hydrogens (tertiary/aromatic N) is 6. The summed E-state index contributed by atoms with van der Waals surface area (Å²) in [6.45, 7) is 9.78. The first-order valence-corrected chi connectivity index (χ1v) is 14.1. The van der Waals surface area contributed by atoms with Gasteiger partial charge in [-0.25, -0.2) is 4.98 Å². The summed E-state index contributed by atoms with van der Waals surface area (Å²) in [7, 11) is 3.80. The molecule has 1 amide bonds. The first-order chi connectivity index (χ1) is 20.1. The van der Waals surface area contributed by atoms with E-state index in [1.165, 1.54) is 6.20 Å². The molecule has 0 aliphatic carbocycles. The third-order valence-corrected chi connectivity index (χ3v) is 7.14. The number of rotatable bonds is 14. The minimum Gasteiger partial charge on any atom is -0.368 e. The molecule has 0 fully saturated rings. The molecule has 12 heteroatoms. The molecule has 0 aliphatic rings. The van der Waals surface area contributed by atoms with Gasteiger partial charge in [-0.05, 0) is 44.0 Å². The first-order valence-electron chi connectivity index (χ1n) is 14.1. The van der Waals surface area contributed by atoms with Gasteiger partial charge in [-0.3, -0.25) is 19.3 Å². The number of pyridine rings is 2. The summed E-state index contributed by atoms with van der Waals surface area (Å²) in [5.41, 5.74) is 9.48. The number of nitrogens with one attached hydrogen (secondary N) is 3. The number of hydrogen-bond donors (Lipinski definition) is 4. The number of carbonyl (C=O) groups excluding carboxylic acids is 1. The van der Waals surface area contributed by atoms with Crippen molar-refractivity contribution in [2.24, 2.45) is 7.05 Å². The van der Waals surface area contributed by atoms with Gasteiger partial charge in [-0.1, -0.05) is 25.8 Å². The molecule has 1 atom stereocenters. The minimum atomic E-state index is -0.544. The van der Waals surface area contributed by atoms with Crippen molar-refractivity contribution < 1.29 is 4.79 Å². The van der Waals surface area contributed by atoms with Crippen molar-refractivity contribution in [1.29, 1.82) is 0 Å². The molecule has 0 aromatic carbocycles. The second kappa shape index (κ2) is 13.4. The molecule has 5 N–H and O–H groups in total. The molecule has 1 unspecified atom stereocenters. The number of amides is 1. The number of unbranched alkanes of at least 4 members (excludes halogenated alkanes) is 1. The number of aromatic amines is 1. The van der Waals surface area contributed by atoms with E-state index in [0.29, 0.717) is 35.5 Å². The summed E-state index contributed by atoms with van der Waals surface area (Å²) < 4.78 is 1.59. The van der Waals surface area contributed by atoms with Gasteiger partial charge in [0.15, 0.2) is 5.82 Å². The van der Waals surface area contributed by atoms with Crippen LogP contribution in [0.4, 0.5) is 11.8 Å². The van der Waals surface area contributed by atoms with Crippen LogP contribution in [0, 0.1) is 0 Å². The molecular weight excluding hydrogens is 532 g/mol. The number of nitrogen functional groups attached to an aromatic ring is 1. The largest absolute Gasteiger partial charge is 0.368 e. The molecule has 0 saturated heterocycles. The minimum absolute atomic E-state index is 0.0940. The summed E-state index contributed by atoms with van der Waals surface area (Å²) in [4.78, 5) is 43.7. The van der Waals surface area contributed by atoms with Gasteiger partial charge in [-0.2, -0.15) is 10.1 Å². The van der Waals surface area contributed by atoms with Crippen LogP contribution < -0.4 is 21.9 Å². The van der Waals surface area contributed by atoms with E-state index >= 15 is 0 Å². The molecule has 0 aliphatic heterocycles. The lowest BCUT2D eigenvalue weighted by Crippen LogP contribution is -2.46. The van der Waals surface area contributed by atoms with Crippen molar-refractivity contribution in [2.75, 3.05) is 31.2 Å². The van der Waals surface area contributed by atoms with Crippen LogP contribution in [0.3, 0.4) is 0 Å². The predicted octanol–water partition coefficient (Wildman–Crippen LogP) is 3.49. The SMILES string of the molecule is C=CCCN(C)Cc1c[nH]c(=O)cc1-c1cnc2c(NC(C)(CCCC)CNC(=O)c3cnn(C)c3)nc(N)nc2c1. The Hall–Kier alpha value is -4.58. The highest BCUT2D eigenvalue weighted by Gasteiger charge is 2.27. The summed E-state index contributed by atoms with van der Waals surface area (Å²) >= 11 is 0. The second-order valence-electron chi connectivity index (χ2n) is 10.9. The number of hydrogen-bond acceptors (Lipinski definition) is 9. The van der Waals surface area contributed by atoms with Crippen LogP contribution in [0.15, 0.2) is 54.4 Å². The van der Waals surface area contributed by atoms with Crippen molar-refractivity contribution in [2.45, 2.75) is 51.6 Å². The van der Waals surface area contributed by atoms with Gasteiger partial charge in [0.1, 0.15) is 5.52 Å². The summed E-state index contributed by atoms with van der Waals surface area (Å²) in [6.07, 6.45) is 12.1. The van der Waals surface area contributed by atoms with Crippen molar-refractivity contribution in [3.63, 3.8) is 0 Å². The average molecular weight is 573 g/mol. The fourth-order valence-corrected chi connectivity index (χ4v) is 4.82. The highest BCUT2D eigenvalue weighted by molar-refractivity contribution is 5.94. The maximum Gasteiger partial charge on any atom is 0.254 e. The number of nitrogens with two attached hydrogens (primary N) is 1. The molecule has 12 nitrogen and oxygen atoms in total. The van der Waals surface area contributed by atoms with E-state index in [4.69, 9.17) is 10.7 Å². The quantitative estimate of drug-likeness (QED) is 0.166. The molecule has 4 aromatic rings. The van der Waals surface area contributed by atoms with Crippen molar-refractivity contribution in [3.8, 4) is 11.1 Å². The van der Waals surface area contributed by atoms with Crippen LogP contribution in [0.2, 0.25) is 0 Å².